The summed E-state index contributed by atoms with van der Waals surface area (Å²) in [4.78, 5) is 7.58. The fraction of sp³-hybridized carbons (Fsp3) is 0.224. The Kier molecular flexibility index (Phi) is 19.6. The van der Waals surface area contributed by atoms with Crippen molar-refractivity contribution in [2.75, 3.05) is 14.7 Å². The maximum Gasteiger partial charge on any atom is 0.0468 e. The molecule has 16 aliphatic rings. The lowest BCUT2D eigenvalue weighted by Crippen LogP contribution is -2.55. The van der Waals surface area contributed by atoms with Crippen LogP contribution in [-0.2, 0) is 21.7 Å². The average molecular weight is 1930 g/mol. The summed E-state index contributed by atoms with van der Waals surface area (Å²) < 4.78 is 0. The predicted octanol–water partition coefficient (Wildman–Crippen LogP) is 39.2. The Hall–Kier alpha value is -15.4. The lowest BCUT2D eigenvalue weighted by atomic mass is 9.43. The lowest BCUT2D eigenvalue weighted by Gasteiger charge is -2.61. The van der Waals surface area contributed by atoms with E-state index in [-0.39, 0.29) is 21.7 Å². The smallest absolute Gasteiger partial charge is 0.0468 e. The fourth-order valence-electron chi connectivity index (χ4n) is 35.3. The van der Waals surface area contributed by atoms with Crippen LogP contribution >= 0.6 is 0 Å². The molecule has 0 saturated heterocycles. The molecule has 0 unspecified atom stereocenters. The molecule has 3 nitrogen and oxygen atoms in total. The molecule has 0 radical (unpaired) electrons. The monoisotopic (exact) mass is 1930 g/mol. The van der Waals surface area contributed by atoms with Crippen LogP contribution in [-0.4, -0.2) is 0 Å². The standard InChI is InChI=1S/C52H41N.C48H39N.C47H41N/c1-2-9-38-31-44(21-17-35(38)7-1)53(43-19-15-36(16-20-43)39-18-23-47-40(30-39)14-13-37-8-3-4-10-46(37)47)45-22-24-49-48-11-5-6-12-50(48)52(51(49)32-45)41-26-33-25-34(28-41)29-42(52)27-33;1-2-11-35-28-40(20-19-33(35)9-1)49(39-14-7-13-36(29-39)43-17-8-12-34-10-3-4-15-42(34)43)41-21-22-45-44-16-5-6-18-46(44)48(47(45)30-41)37-24-31-23-32(26-37)27-38(48)25-31;1-46(2)42-13-7-5-12-39(42)41-27-36(18-20-43(41)46)48(35-16-15-31-9-3-4-10-32(31)26-35)37-17-19-40-38-11-6-8-14-44(38)47(45(40)28-37)33-22-29-21-30(24-33)25-34(47)23-29/h1-24,30-34,41-42H,25-29H2;1-22,28-32,37-38H,23-27H2;3-20,26-30,33-34H,21-25H2,1-2H3. The van der Waals surface area contributed by atoms with Crippen LogP contribution in [0.3, 0.4) is 0 Å². The molecule has 21 aromatic carbocycles. The molecule has 12 fully saturated rings. The van der Waals surface area contributed by atoms with Crippen LogP contribution in [0, 0.1) is 71.0 Å². The first-order chi connectivity index (χ1) is 73.9. The summed E-state index contributed by atoms with van der Waals surface area (Å²) in [6, 6.07) is 168. The quantitative estimate of drug-likeness (QED) is 0.120. The topological polar surface area (TPSA) is 9.72 Å². The SMILES string of the molecule is CC1(C)c2ccccc2-c2cc(N(c3ccc4c(c3)C3(c5ccccc5-4)C4CC5CC(C4)CC3C5)c3ccc4ccccc4c3)ccc21.c1cc(-c2cccc3ccccc23)cc(N(c2ccc3c(c2)C2(c4ccccc4-3)C3CC4CC(C3)CC2C4)c2ccc3ccccc3c2)c1.c1ccc2c(c1)-c1ccc(N(c3ccc(-c4ccc5c(ccc6ccccc65)c4)cc3)c3ccc4ccccc4c3)cc1C21C2CC3CC(C2)CC1C3. The van der Waals surface area contributed by atoms with Gasteiger partial charge >= 0.3 is 0 Å². The van der Waals surface area contributed by atoms with Crippen molar-refractivity contribution in [1.29, 1.82) is 0 Å². The first kappa shape index (κ1) is 87.6. The van der Waals surface area contributed by atoms with Gasteiger partial charge in [0.15, 0.2) is 0 Å². The number of benzene rings is 21. The van der Waals surface area contributed by atoms with Gasteiger partial charge in [-0.25, -0.2) is 0 Å². The van der Waals surface area contributed by atoms with Gasteiger partial charge in [0.1, 0.15) is 0 Å². The molecule has 724 valence electrons. The zero-order chi connectivity index (χ0) is 98.6. The van der Waals surface area contributed by atoms with Crippen LogP contribution in [0.1, 0.15) is 155 Å². The van der Waals surface area contributed by atoms with Crippen molar-refractivity contribution in [3.8, 4) is 66.8 Å². The van der Waals surface area contributed by atoms with Crippen molar-refractivity contribution >= 4 is 116 Å². The second-order valence-corrected chi connectivity index (χ2v) is 48.2. The lowest BCUT2D eigenvalue weighted by molar-refractivity contribution is -0.0399. The van der Waals surface area contributed by atoms with Gasteiger partial charge in [-0.05, 0) is 458 Å². The Morgan fingerprint density at radius 2 is 0.440 bits per heavy atom. The molecule has 12 saturated carbocycles. The van der Waals surface area contributed by atoms with E-state index in [2.05, 4.69) is 471 Å². The molecule has 3 spiro atoms. The van der Waals surface area contributed by atoms with Crippen molar-refractivity contribution in [1.82, 2.24) is 0 Å². The molecular weight excluding hydrogens is 1810 g/mol. The second-order valence-electron chi connectivity index (χ2n) is 48.2. The number of fused-ring (bicyclic) bond motifs is 19. The highest BCUT2D eigenvalue weighted by Gasteiger charge is 2.65. The zero-order valence-electron chi connectivity index (χ0n) is 85.5. The van der Waals surface area contributed by atoms with Crippen molar-refractivity contribution < 1.29 is 0 Å². The first-order valence-corrected chi connectivity index (χ1v) is 56.4. The van der Waals surface area contributed by atoms with Crippen LogP contribution in [0.4, 0.5) is 51.2 Å². The molecule has 12 bridgehead atoms. The molecule has 0 amide bonds. The van der Waals surface area contributed by atoms with E-state index in [1.54, 1.807) is 33.4 Å². The number of rotatable bonds is 11. The van der Waals surface area contributed by atoms with E-state index in [0.29, 0.717) is 0 Å². The minimum absolute atomic E-state index is 0.0105. The highest BCUT2D eigenvalue weighted by molar-refractivity contribution is 6.09. The third-order valence-electron chi connectivity index (χ3n) is 40.6. The van der Waals surface area contributed by atoms with Gasteiger partial charge in [-0.15, -0.1) is 0 Å². The predicted molar refractivity (Wildman–Crippen MR) is 627 cm³/mol. The maximum absolute atomic E-state index is 2.64. The third-order valence-corrected chi connectivity index (χ3v) is 40.6. The summed E-state index contributed by atoms with van der Waals surface area (Å²) in [7, 11) is 0. The van der Waals surface area contributed by atoms with Crippen LogP contribution in [0.25, 0.3) is 131 Å². The van der Waals surface area contributed by atoms with Crippen LogP contribution in [0.15, 0.2) is 443 Å². The van der Waals surface area contributed by atoms with Gasteiger partial charge in [0.05, 0.1) is 0 Å². The van der Waals surface area contributed by atoms with E-state index < -0.39 is 0 Å². The van der Waals surface area contributed by atoms with E-state index in [1.165, 1.54) is 290 Å². The van der Waals surface area contributed by atoms with Crippen LogP contribution < -0.4 is 14.7 Å². The largest absolute Gasteiger partial charge is 0.310 e. The number of hydrogen-bond acceptors (Lipinski definition) is 3. The molecule has 0 atom stereocenters. The van der Waals surface area contributed by atoms with E-state index in [4.69, 9.17) is 0 Å². The molecule has 0 aliphatic heterocycles. The zero-order valence-corrected chi connectivity index (χ0v) is 85.5. The van der Waals surface area contributed by atoms with Gasteiger partial charge in [0.25, 0.3) is 0 Å². The van der Waals surface area contributed by atoms with Gasteiger partial charge in [0, 0.05) is 72.8 Å². The molecule has 150 heavy (non-hydrogen) atoms. The second kappa shape index (κ2) is 33.5. The molecular formula is C147H121N3. The Morgan fingerprint density at radius 1 is 0.153 bits per heavy atom. The molecule has 0 aromatic heterocycles. The van der Waals surface area contributed by atoms with Crippen molar-refractivity contribution in [2.24, 2.45) is 71.0 Å². The summed E-state index contributed by atoms with van der Waals surface area (Å²) in [5.74, 6) is 10.0. The van der Waals surface area contributed by atoms with E-state index in [9.17, 15) is 0 Å². The van der Waals surface area contributed by atoms with Gasteiger partial charge in [0.2, 0.25) is 0 Å². The first-order valence-electron chi connectivity index (χ1n) is 56.4. The molecule has 21 aromatic rings. The van der Waals surface area contributed by atoms with E-state index >= 15 is 0 Å². The minimum Gasteiger partial charge on any atom is -0.310 e. The minimum atomic E-state index is -0.0105. The normalized spacial score (nSPS) is 24.7. The summed E-state index contributed by atoms with van der Waals surface area (Å²) in [5.41, 5.74) is 40.5. The van der Waals surface area contributed by atoms with Crippen molar-refractivity contribution in [2.45, 2.75) is 132 Å². The number of nitrogens with zero attached hydrogens (tertiary/aromatic N) is 3. The van der Waals surface area contributed by atoms with Gasteiger partial charge in [-0.1, -0.05) is 341 Å². The maximum atomic E-state index is 2.64. The Morgan fingerprint density at radius 3 is 0.893 bits per heavy atom. The number of anilines is 9. The Balaban J connectivity index is 0.0000000994. The number of hydrogen-bond donors (Lipinski definition) is 0. The Labute approximate surface area is 881 Å². The van der Waals surface area contributed by atoms with Crippen molar-refractivity contribution in [3.05, 3.63) is 487 Å². The van der Waals surface area contributed by atoms with Gasteiger partial charge in [-0.2, -0.15) is 0 Å². The molecule has 37 rings (SSSR count). The van der Waals surface area contributed by atoms with E-state index in [1.807, 2.05) is 0 Å². The molecule has 0 N–H and O–H groups in total. The fourth-order valence-corrected chi connectivity index (χ4v) is 35.3. The summed E-state index contributed by atoms with van der Waals surface area (Å²) in [6.45, 7) is 4.75. The highest BCUT2D eigenvalue weighted by Crippen LogP contribution is 2.74. The molecule has 16 aliphatic carbocycles. The molecule has 3 heteroatoms. The van der Waals surface area contributed by atoms with E-state index in [0.717, 1.165) is 71.0 Å². The summed E-state index contributed by atoms with van der Waals surface area (Å²) in [6.07, 6.45) is 21.2. The molecule has 0 heterocycles. The highest BCUT2D eigenvalue weighted by atomic mass is 15.2. The average Bonchev–Trinajstić information content (AvgIpc) is 1.51. The summed E-state index contributed by atoms with van der Waals surface area (Å²) >= 11 is 0. The van der Waals surface area contributed by atoms with Crippen molar-refractivity contribution in [3.63, 3.8) is 0 Å². The third kappa shape index (κ3) is 13.1. The Bertz CT molecular complexity index is 9070. The summed E-state index contributed by atoms with van der Waals surface area (Å²) in [5, 5.41) is 15.4. The van der Waals surface area contributed by atoms with Crippen LogP contribution in [0.2, 0.25) is 0 Å². The van der Waals surface area contributed by atoms with Crippen LogP contribution in [0.5, 0.6) is 0 Å². The van der Waals surface area contributed by atoms with Gasteiger partial charge < -0.3 is 14.7 Å². The van der Waals surface area contributed by atoms with Gasteiger partial charge in [-0.3, -0.25) is 0 Å².